The van der Waals surface area contributed by atoms with Crippen LogP contribution in [0.5, 0.6) is 0 Å². The highest BCUT2D eigenvalue weighted by molar-refractivity contribution is 14.0. The summed E-state index contributed by atoms with van der Waals surface area (Å²) in [6, 6.07) is 7.96. The van der Waals surface area contributed by atoms with Crippen molar-refractivity contribution in [2.45, 2.75) is 25.8 Å². The Morgan fingerprint density at radius 3 is 2.62 bits per heavy atom. The van der Waals surface area contributed by atoms with Gasteiger partial charge in [0.15, 0.2) is 11.7 Å². The van der Waals surface area contributed by atoms with Gasteiger partial charge in [-0.15, -0.1) is 35.3 Å². The van der Waals surface area contributed by atoms with E-state index in [1.807, 2.05) is 24.3 Å². The zero-order chi connectivity index (χ0) is 20.0. The van der Waals surface area contributed by atoms with E-state index in [0.29, 0.717) is 24.1 Å². The lowest BCUT2D eigenvalue weighted by Crippen LogP contribution is -2.36. The standard InChI is InChI=1S/C17H18F3N7S.HI/c1-21-16(24-7-15-26-14(9-28-15)17(18,19)20)23-6-12-3-2-4-13(5-12)8-27-11-22-10-25-27;/h2-5,9-11H,6-8H2,1H3,(H2,21,23,24);1H. The molecule has 29 heavy (non-hydrogen) atoms. The van der Waals surface area contributed by atoms with Crippen LogP contribution in [0, 0.1) is 0 Å². The minimum atomic E-state index is -4.42. The van der Waals surface area contributed by atoms with E-state index >= 15 is 0 Å². The van der Waals surface area contributed by atoms with Crippen LogP contribution in [0.25, 0.3) is 0 Å². The lowest BCUT2D eigenvalue weighted by Gasteiger charge is -2.12. The molecule has 0 fully saturated rings. The molecule has 0 aliphatic carbocycles. The average molecular weight is 537 g/mol. The topological polar surface area (TPSA) is 80.0 Å². The van der Waals surface area contributed by atoms with Gasteiger partial charge >= 0.3 is 6.18 Å². The maximum Gasteiger partial charge on any atom is 0.434 e. The number of alkyl halides is 3. The molecule has 7 nitrogen and oxygen atoms in total. The van der Waals surface area contributed by atoms with Gasteiger partial charge in [0, 0.05) is 19.0 Å². The van der Waals surface area contributed by atoms with Crippen LogP contribution < -0.4 is 10.6 Å². The molecule has 12 heteroatoms. The smallest absolute Gasteiger partial charge is 0.352 e. The van der Waals surface area contributed by atoms with Crippen LogP contribution in [0.4, 0.5) is 13.2 Å². The van der Waals surface area contributed by atoms with E-state index in [0.717, 1.165) is 27.8 Å². The van der Waals surface area contributed by atoms with E-state index in [2.05, 4.69) is 30.7 Å². The summed E-state index contributed by atoms with van der Waals surface area (Å²) in [5.74, 6) is 0.477. The van der Waals surface area contributed by atoms with Gasteiger partial charge in [-0.25, -0.2) is 14.6 Å². The van der Waals surface area contributed by atoms with Gasteiger partial charge in [-0.3, -0.25) is 4.99 Å². The van der Waals surface area contributed by atoms with E-state index in [-0.39, 0.29) is 30.5 Å². The maximum absolute atomic E-state index is 12.6. The molecule has 0 bridgehead atoms. The molecule has 156 valence electrons. The first-order valence-electron chi connectivity index (χ1n) is 8.30. The highest BCUT2D eigenvalue weighted by atomic mass is 127. The van der Waals surface area contributed by atoms with Crippen molar-refractivity contribution >= 4 is 41.3 Å². The molecular weight excluding hydrogens is 518 g/mol. The first-order valence-corrected chi connectivity index (χ1v) is 9.18. The molecule has 2 heterocycles. The Morgan fingerprint density at radius 1 is 1.21 bits per heavy atom. The molecule has 0 atom stereocenters. The largest absolute Gasteiger partial charge is 0.434 e. The zero-order valence-electron chi connectivity index (χ0n) is 15.3. The number of benzene rings is 1. The summed E-state index contributed by atoms with van der Waals surface area (Å²) in [7, 11) is 1.60. The predicted molar refractivity (Wildman–Crippen MR) is 115 cm³/mol. The summed E-state index contributed by atoms with van der Waals surface area (Å²) >= 11 is 0.957. The molecule has 0 radical (unpaired) electrons. The lowest BCUT2D eigenvalue weighted by molar-refractivity contribution is -0.140. The minimum absolute atomic E-state index is 0. The van der Waals surface area contributed by atoms with Crippen molar-refractivity contribution in [3.05, 3.63) is 64.1 Å². The van der Waals surface area contributed by atoms with Gasteiger partial charge in [-0.2, -0.15) is 18.3 Å². The number of nitrogens with one attached hydrogen (secondary N) is 2. The Bertz CT molecular complexity index is 925. The number of thiazole rings is 1. The highest BCUT2D eigenvalue weighted by Crippen LogP contribution is 2.29. The second-order valence-corrected chi connectivity index (χ2v) is 6.76. The number of aromatic nitrogens is 4. The van der Waals surface area contributed by atoms with E-state index in [4.69, 9.17) is 0 Å². The first-order chi connectivity index (χ1) is 13.4. The number of hydrogen-bond donors (Lipinski definition) is 2. The highest BCUT2D eigenvalue weighted by Gasteiger charge is 2.33. The number of halogens is 4. The molecule has 3 rings (SSSR count). The second kappa shape index (κ2) is 10.5. The molecule has 0 spiro atoms. The number of nitrogens with zero attached hydrogens (tertiary/aromatic N) is 5. The van der Waals surface area contributed by atoms with Crippen molar-refractivity contribution in [2.24, 2.45) is 4.99 Å². The van der Waals surface area contributed by atoms with E-state index in [1.165, 1.54) is 6.33 Å². The van der Waals surface area contributed by atoms with E-state index < -0.39 is 11.9 Å². The Morgan fingerprint density at radius 2 is 1.97 bits per heavy atom. The number of guanidine groups is 1. The van der Waals surface area contributed by atoms with Crippen molar-refractivity contribution in [3.8, 4) is 0 Å². The predicted octanol–water partition coefficient (Wildman–Crippen LogP) is 3.28. The summed E-state index contributed by atoms with van der Waals surface area (Å²) < 4.78 is 39.5. The fraction of sp³-hybridized carbons (Fsp3) is 0.294. The van der Waals surface area contributed by atoms with Crippen molar-refractivity contribution < 1.29 is 13.2 Å². The fourth-order valence-corrected chi connectivity index (χ4v) is 3.17. The first kappa shape index (κ1) is 23.1. The normalized spacial score (nSPS) is 11.8. The molecule has 0 aliphatic rings. The molecule has 2 aromatic heterocycles. The number of hydrogen-bond acceptors (Lipinski definition) is 5. The summed E-state index contributed by atoms with van der Waals surface area (Å²) in [5.41, 5.74) is 1.24. The van der Waals surface area contributed by atoms with Gasteiger partial charge in [0.2, 0.25) is 0 Å². The monoisotopic (exact) mass is 537 g/mol. The molecule has 0 saturated heterocycles. The third-order valence-corrected chi connectivity index (χ3v) is 4.58. The zero-order valence-corrected chi connectivity index (χ0v) is 18.5. The van der Waals surface area contributed by atoms with Crippen LogP contribution in [0.1, 0.15) is 21.8 Å². The summed E-state index contributed by atoms with van der Waals surface area (Å²) in [6.45, 7) is 1.29. The molecule has 1 aromatic carbocycles. The van der Waals surface area contributed by atoms with Crippen molar-refractivity contribution in [2.75, 3.05) is 7.05 Å². The van der Waals surface area contributed by atoms with Gasteiger partial charge in [0.25, 0.3) is 0 Å². The van der Waals surface area contributed by atoms with Gasteiger partial charge in [-0.05, 0) is 11.1 Å². The third-order valence-electron chi connectivity index (χ3n) is 3.74. The Balaban J connectivity index is 0.00000300. The van der Waals surface area contributed by atoms with Crippen molar-refractivity contribution in [1.82, 2.24) is 30.4 Å². The van der Waals surface area contributed by atoms with Crippen LogP contribution >= 0.6 is 35.3 Å². The van der Waals surface area contributed by atoms with Crippen molar-refractivity contribution in [3.63, 3.8) is 0 Å². The van der Waals surface area contributed by atoms with Crippen LogP contribution in [0.3, 0.4) is 0 Å². The lowest BCUT2D eigenvalue weighted by atomic mass is 10.1. The molecule has 0 amide bonds. The maximum atomic E-state index is 12.6. The molecule has 0 unspecified atom stereocenters. The average Bonchev–Trinajstić information content (AvgIpc) is 3.34. The second-order valence-electron chi connectivity index (χ2n) is 5.82. The minimum Gasteiger partial charge on any atom is -0.352 e. The number of rotatable bonds is 6. The van der Waals surface area contributed by atoms with E-state index in [1.54, 1.807) is 18.1 Å². The molecule has 3 aromatic rings. The van der Waals surface area contributed by atoms with Crippen LogP contribution in [-0.2, 0) is 25.8 Å². The van der Waals surface area contributed by atoms with Gasteiger partial charge in [-0.1, -0.05) is 24.3 Å². The summed E-state index contributed by atoms with van der Waals surface area (Å²) in [4.78, 5) is 11.6. The number of aliphatic imine (C=N–C) groups is 1. The summed E-state index contributed by atoms with van der Waals surface area (Å²) in [5, 5.41) is 11.5. The molecule has 0 aliphatic heterocycles. The van der Waals surface area contributed by atoms with Crippen LogP contribution in [0.2, 0.25) is 0 Å². The van der Waals surface area contributed by atoms with Crippen molar-refractivity contribution in [1.29, 1.82) is 0 Å². The Hall–Kier alpha value is -2.22. The van der Waals surface area contributed by atoms with E-state index in [9.17, 15) is 13.2 Å². The van der Waals surface area contributed by atoms with Crippen LogP contribution in [-0.4, -0.2) is 32.8 Å². The van der Waals surface area contributed by atoms with Crippen LogP contribution in [0.15, 0.2) is 47.3 Å². The van der Waals surface area contributed by atoms with Gasteiger partial charge < -0.3 is 10.6 Å². The van der Waals surface area contributed by atoms with Gasteiger partial charge in [0.05, 0.1) is 13.1 Å². The van der Waals surface area contributed by atoms with Gasteiger partial charge in [0.1, 0.15) is 17.7 Å². The molecular formula is C17H19F3IN7S. The Labute approximate surface area is 186 Å². The molecule has 0 saturated carbocycles. The molecule has 2 N–H and O–H groups in total. The fourth-order valence-electron chi connectivity index (χ4n) is 2.43. The third kappa shape index (κ3) is 6.96. The SMILES string of the molecule is CN=C(NCc1cccc(Cn2cncn2)c1)NCc1nc(C(F)(F)F)cs1.I. The summed E-state index contributed by atoms with van der Waals surface area (Å²) in [6.07, 6.45) is -1.29. The Kier molecular flexibility index (Phi) is 8.37. The quantitative estimate of drug-likeness (QED) is 0.287.